The fourth-order valence-corrected chi connectivity index (χ4v) is 2.68. The number of aromatic nitrogens is 2. The Kier molecular flexibility index (Phi) is 5.15. The van der Waals surface area contributed by atoms with Gasteiger partial charge in [0.2, 0.25) is 0 Å². The Morgan fingerprint density at radius 3 is 2.50 bits per heavy atom. The highest BCUT2D eigenvalue weighted by molar-refractivity contribution is 6.32. The monoisotopic (exact) mass is 396 g/mol. The van der Waals surface area contributed by atoms with Gasteiger partial charge in [0, 0.05) is 10.0 Å². The lowest BCUT2D eigenvalue weighted by atomic mass is 10.2. The number of hydrogen-bond donors (Lipinski definition) is 1. The summed E-state index contributed by atoms with van der Waals surface area (Å²) in [6.07, 6.45) is 1.47. The van der Waals surface area contributed by atoms with Gasteiger partial charge in [-0.1, -0.05) is 29.8 Å². The first-order chi connectivity index (χ1) is 12.3. The molecular formula is C18H12Cl2F2N2O2. The van der Waals surface area contributed by atoms with Crippen molar-refractivity contribution in [2.45, 2.75) is 6.61 Å². The van der Waals surface area contributed by atoms with Gasteiger partial charge in [-0.2, -0.15) is 8.78 Å². The molecule has 2 aromatic carbocycles. The first kappa shape index (κ1) is 18.2. The van der Waals surface area contributed by atoms with Crippen molar-refractivity contribution < 1.29 is 13.5 Å². The molecule has 0 atom stereocenters. The number of hydrogen-bond acceptors (Lipinski definition) is 2. The minimum Gasteiger partial charge on any atom is -0.435 e. The first-order valence-electron chi connectivity index (χ1n) is 7.37. The average molecular weight is 397 g/mol. The van der Waals surface area contributed by atoms with Gasteiger partial charge in [-0.25, -0.2) is 4.68 Å². The van der Waals surface area contributed by atoms with Gasteiger partial charge in [-0.3, -0.25) is 9.89 Å². The van der Waals surface area contributed by atoms with E-state index in [1.54, 1.807) is 24.3 Å². The molecule has 1 heterocycles. The summed E-state index contributed by atoms with van der Waals surface area (Å²) in [5.74, 6) is -0.0603. The van der Waals surface area contributed by atoms with E-state index in [0.29, 0.717) is 21.6 Å². The van der Waals surface area contributed by atoms with Crippen LogP contribution in [0.15, 0.2) is 47.3 Å². The molecule has 3 rings (SSSR count). The Balaban J connectivity index is 2.12. The Morgan fingerprint density at radius 2 is 1.85 bits per heavy atom. The molecule has 26 heavy (non-hydrogen) atoms. The third-order valence-electron chi connectivity index (χ3n) is 3.58. The molecule has 0 amide bonds. The number of aromatic amines is 1. The molecule has 0 unspecified atom stereocenters. The van der Waals surface area contributed by atoms with E-state index in [1.807, 2.05) is 0 Å². The highest BCUT2D eigenvalue weighted by Gasteiger charge is 2.09. The lowest BCUT2D eigenvalue weighted by molar-refractivity contribution is -0.0498. The van der Waals surface area contributed by atoms with E-state index < -0.39 is 6.61 Å². The van der Waals surface area contributed by atoms with Crippen molar-refractivity contribution in [2.75, 3.05) is 0 Å². The molecule has 1 aromatic heterocycles. The van der Waals surface area contributed by atoms with Crippen LogP contribution in [0.25, 0.3) is 18.3 Å². The van der Waals surface area contributed by atoms with Gasteiger partial charge in [0.05, 0.1) is 16.3 Å². The van der Waals surface area contributed by atoms with E-state index in [2.05, 4.69) is 16.4 Å². The van der Waals surface area contributed by atoms with Crippen LogP contribution in [0.5, 0.6) is 5.75 Å². The molecule has 8 heteroatoms. The van der Waals surface area contributed by atoms with Crippen molar-refractivity contribution in [3.8, 4) is 11.4 Å². The number of rotatable bonds is 4. The summed E-state index contributed by atoms with van der Waals surface area (Å²) >= 11 is 12.0. The molecule has 0 aliphatic heterocycles. The third-order valence-corrected chi connectivity index (χ3v) is 4.18. The Hall–Kier alpha value is -2.57. The highest BCUT2D eigenvalue weighted by atomic mass is 35.5. The van der Waals surface area contributed by atoms with Crippen LogP contribution in [0.3, 0.4) is 0 Å². The number of H-pyrrole nitrogens is 1. The maximum atomic E-state index is 12.7. The summed E-state index contributed by atoms with van der Waals surface area (Å²) in [6, 6.07) is 10.7. The fraction of sp³-hybridized carbons (Fsp3) is 0.0556. The van der Waals surface area contributed by atoms with E-state index in [4.69, 9.17) is 23.2 Å². The van der Waals surface area contributed by atoms with E-state index in [-0.39, 0.29) is 21.6 Å². The molecule has 3 aromatic rings. The van der Waals surface area contributed by atoms with Crippen molar-refractivity contribution in [3.05, 3.63) is 79.0 Å². The summed E-state index contributed by atoms with van der Waals surface area (Å²) in [5, 5.41) is 4.28. The lowest BCUT2D eigenvalue weighted by Gasteiger charge is -2.06. The molecule has 1 N–H and O–H groups in total. The molecule has 0 saturated carbocycles. The second-order valence-electron chi connectivity index (χ2n) is 5.33. The molecule has 0 aliphatic rings. The predicted molar refractivity (Wildman–Crippen MR) is 97.8 cm³/mol. The van der Waals surface area contributed by atoms with Gasteiger partial charge in [0.15, 0.2) is 0 Å². The fourth-order valence-electron chi connectivity index (χ4n) is 2.38. The van der Waals surface area contributed by atoms with Crippen LogP contribution in [0.2, 0.25) is 10.0 Å². The summed E-state index contributed by atoms with van der Waals surface area (Å²) in [7, 11) is 0. The molecule has 4 nitrogen and oxygen atoms in total. The lowest BCUT2D eigenvalue weighted by Crippen LogP contribution is -2.34. The van der Waals surface area contributed by atoms with E-state index in [0.717, 1.165) is 0 Å². The quantitative estimate of drug-likeness (QED) is 0.735. The van der Waals surface area contributed by atoms with Crippen molar-refractivity contribution in [1.29, 1.82) is 0 Å². The summed E-state index contributed by atoms with van der Waals surface area (Å²) in [4.78, 5) is 12.7. The molecular weight excluding hydrogens is 385 g/mol. The van der Waals surface area contributed by atoms with Crippen molar-refractivity contribution >= 4 is 35.9 Å². The zero-order chi connectivity index (χ0) is 18.8. The van der Waals surface area contributed by atoms with Gasteiger partial charge < -0.3 is 4.74 Å². The average Bonchev–Trinajstić information content (AvgIpc) is 2.86. The number of nitrogens with zero attached hydrogens (tertiary/aromatic N) is 1. The maximum absolute atomic E-state index is 12.7. The number of alkyl halides is 2. The number of nitrogens with one attached hydrogen (secondary N) is 1. The van der Waals surface area contributed by atoms with Gasteiger partial charge >= 0.3 is 6.61 Å². The third kappa shape index (κ3) is 3.81. The predicted octanol–water partition coefficient (Wildman–Crippen LogP) is 3.31. The largest absolute Gasteiger partial charge is 0.435 e. The van der Waals surface area contributed by atoms with Crippen LogP contribution in [-0.4, -0.2) is 16.4 Å². The molecule has 0 fully saturated rings. The van der Waals surface area contributed by atoms with E-state index >= 15 is 0 Å². The normalized spacial score (nSPS) is 12.0. The summed E-state index contributed by atoms with van der Waals surface area (Å²) in [5.41, 5.74) is 0.562. The molecule has 0 saturated heterocycles. The second-order valence-corrected chi connectivity index (χ2v) is 6.17. The Labute approximate surface area is 156 Å². The first-order valence-corrected chi connectivity index (χ1v) is 8.13. The molecule has 0 spiro atoms. The number of halogens is 4. The van der Waals surface area contributed by atoms with Crippen LogP contribution in [0, 0.1) is 0 Å². The number of ether oxygens (including phenoxy) is 1. The SMILES string of the molecule is C=c1[nH]n(-c2ccc(Cl)cc2)c(=O)/c1=C\c1cc(OC(F)F)ccc1Cl. The maximum Gasteiger partial charge on any atom is 0.387 e. The molecule has 0 aliphatic carbocycles. The minimum absolute atomic E-state index is 0.0603. The zero-order valence-corrected chi connectivity index (χ0v) is 14.7. The minimum atomic E-state index is -2.96. The Bertz CT molecular complexity index is 1110. The van der Waals surface area contributed by atoms with E-state index in [9.17, 15) is 13.6 Å². The van der Waals surface area contributed by atoms with Gasteiger partial charge in [-0.05, 0) is 54.1 Å². The van der Waals surface area contributed by atoms with Crippen molar-refractivity contribution in [3.63, 3.8) is 0 Å². The molecule has 0 radical (unpaired) electrons. The molecule has 134 valence electrons. The standard InChI is InChI=1S/C18H12Cl2F2N2O2/c1-10-15(9-11-8-14(26-18(21)22)6-7-16(11)20)17(25)24(23-10)13-4-2-12(19)3-5-13/h2-9,18,23H,1H2/b15-9-. The van der Waals surface area contributed by atoms with Gasteiger partial charge in [-0.15, -0.1) is 0 Å². The topological polar surface area (TPSA) is 47.0 Å². The number of benzene rings is 2. The van der Waals surface area contributed by atoms with Gasteiger partial charge in [0.25, 0.3) is 5.56 Å². The second kappa shape index (κ2) is 7.35. The smallest absolute Gasteiger partial charge is 0.387 e. The van der Waals surface area contributed by atoms with Crippen molar-refractivity contribution in [2.24, 2.45) is 0 Å². The van der Waals surface area contributed by atoms with Crippen LogP contribution < -0.4 is 20.9 Å². The Morgan fingerprint density at radius 1 is 1.15 bits per heavy atom. The van der Waals surface area contributed by atoms with Crippen molar-refractivity contribution in [1.82, 2.24) is 9.78 Å². The van der Waals surface area contributed by atoms with Crippen LogP contribution >= 0.6 is 23.2 Å². The zero-order valence-electron chi connectivity index (χ0n) is 13.2. The highest BCUT2D eigenvalue weighted by Crippen LogP contribution is 2.23. The van der Waals surface area contributed by atoms with Crippen LogP contribution in [0.1, 0.15) is 5.56 Å². The van der Waals surface area contributed by atoms with Crippen LogP contribution in [-0.2, 0) is 0 Å². The summed E-state index contributed by atoms with van der Waals surface area (Å²) < 4.78 is 30.4. The van der Waals surface area contributed by atoms with E-state index in [1.165, 1.54) is 29.0 Å². The van der Waals surface area contributed by atoms with Gasteiger partial charge in [0.1, 0.15) is 5.75 Å². The summed E-state index contributed by atoms with van der Waals surface area (Å²) in [6.45, 7) is 0.857. The molecule has 0 bridgehead atoms. The van der Waals surface area contributed by atoms with Crippen LogP contribution in [0.4, 0.5) is 8.78 Å².